The van der Waals surface area contributed by atoms with Crippen molar-refractivity contribution in [1.29, 1.82) is 0 Å². The van der Waals surface area contributed by atoms with Gasteiger partial charge in [0.2, 0.25) is 0 Å². The molecule has 0 saturated heterocycles. The smallest absolute Gasteiger partial charge is 0.338 e. The number of rotatable bonds is 7. The Labute approximate surface area is 122 Å². The molecular formula is C14H21FN2O2S. The molecule has 0 unspecified atom stereocenters. The van der Waals surface area contributed by atoms with E-state index in [0.717, 1.165) is 25.0 Å². The Morgan fingerprint density at radius 1 is 1.45 bits per heavy atom. The molecule has 1 rings (SSSR count). The standard InChI is InChI=1S/C14H21FN2O2S/c1-4-14(5-2,20-3)8-17-12-7-10(15)9(13(18)19)6-11(12)16/h6-7,17H,4-5,8,16H2,1-3H3,(H,18,19). The summed E-state index contributed by atoms with van der Waals surface area (Å²) in [6.07, 6.45) is 4.01. The van der Waals surface area contributed by atoms with Crippen molar-refractivity contribution in [3.8, 4) is 0 Å². The first-order valence-electron chi connectivity index (χ1n) is 6.50. The molecule has 0 radical (unpaired) electrons. The molecule has 0 aromatic heterocycles. The predicted octanol–water partition coefficient (Wildman–Crippen LogP) is 3.44. The summed E-state index contributed by atoms with van der Waals surface area (Å²) < 4.78 is 13.7. The lowest BCUT2D eigenvalue weighted by molar-refractivity contribution is 0.0692. The van der Waals surface area contributed by atoms with Crippen molar-refractivity contribution < 1.29 is 14.3 Å². The number of nitrogen functional groups attached to an aromatic ring is 1. The highest BCUT2D eigenvalue weighted by atomic mass is 32.2. The van der Waals surface area contributed by atoms with Crippen LogP contribution in [-0.2, 0) is 0 Å². The van der Waals surface area contributed by atoms with Crippen molar-refractivity contribution in [3.05, 3.63) is 23.5 Å². The monoisotopic (exact) mass is 300 g/mol. The largest absolute Gasteiger partial charge is 0.478 e. The number of halogens is 1. The Bertz CT molecular complexity index is 482. The molecule has 0 atom stereocenters. The first-order valence-corrected chi connectivity index (χ1v) is 7.73. The number of hydrogen-bond acceptors (Lipinski definition) is 4. The highest BCUT2D eigenvalue weighted by Crippen LogP contribution is 2.32. The summed E-state index contributed by atoms with van der Waals surface area (Å²) in [5, 5.41) is 12.0. The Kier molecular flexibility index (Phi) is 5.68. The number of nitrogens with two attached hydrogens (primary N) is 1. The maximum atomic E-state index is 13.7. The second-order valence-corrected chi connectivity index (χ2v) is 5.95. The summed E-state index contributed by atoms with van der Waals surface area (Å²) in [6.45, 7) is 4.87. The Hall–Kier alpha value is -1.43. The molecule has 0 spiro atoms. The number of carboxylic acid groups (broad SMARTS) is 1. The van der Waals surface area contributed by atoms with E-state index in [-0.39, 0.29) is 10.4 Å². The molecule has 1 aromatic rings. The molecule has 0 amide bonds. The first kappa shape index (κ1) is 16.6. The molecular weight excluding hydrogens is 279 g/mol. The molecule has 0 heterocycles. The van der Waals surface area contributed by atoms with E-state index in [1.807, 2.05) is 6.26 Å². The molecule has 20 heavy (non-hydrogen) atoms. The third-order valence-electron chi connectivity index (χ3n) is 3.69. The van der Waals surface area contributed by atoms with Crippen molar-refractivity contribution in [2.24, 2.45) is 0 Å². The van der Waals surface area contributed by atoms with Gasteiger partial charge >= 0.3 is 5.97 Å². The molecule has 6 heteroatoms. The summed E-state index contributed by atoms with van der Waals surface area (Å²) in [5.41, 5.74) is 6.05. The Morgan fingerprint density at radius 3 is 2.50 bits per heavy atom. The van der Waals surface area contributed by atoms with Crippen LogP contribution in [0.25, 0.3) is 0 Å². The molecule has 0 aliphatic heterocycles. The number of carboxylic acids is 1. The molecule has 4 N–H and O–H groups in total. The van der Waals surface area contributed by atoms with Crippen molar-refractivity contribution in [2.75, 3.05) is 23.9 Å². The second kappa shape index (κ2) is 6.83. The van der Waals surface area contributed by atoms with Crippen molar-refractivity contribution in [3.63, 3.8) is 0 Å². The zero-order valence-corrected chi connectivity index (χ0v) is 12.8. The van der Waals surface area contributed by atoms with Crippen molar-refractivity contribution in [2.45, 2.75) is 31.4 Å². The number of hydrogen-bond donors (Lipinski definition) is 3. The van der Waals surface area contributed by atoms with E-state index in [4.69, 9.17) is 10.8 Å². The number of anilines is 2. The molecule has 0 saturated carbocycles. The molecule has 112 valence electrons. The zero-order valence-electron chi connectivity index (χ0n) is 12.0. The van der Waals surface area contributed by atoms with E-state index >= 15 is 0 Å². The SMILES string of the molecule is CCC(CC)(CNc1cc(F)c(C(=O)O)cc1N)SC. The van der Waals surface area contributed by atoms with E-state index in [1.165, 1.54) is 0 Å². The number of carbonyl (C=O) groups is 1. The van der Waals surface area contributed by atoms with Gasteiger partial charge in [-0.3, -0.25) is 0 Å². The van der Waals surface area contributed by atoms with Gasteiger partial charge in [0.25, 0.3) is 0 Å². The Balaban J connectivity index is 2.94. The highest BCUT2D eigenvalue weighted by Gasteiger charge is 2.25. The van der Waals surface area contributed by atoms with Crippen LogP contribution in [0.15, 0.2) is 12.1 Å². The van der Waals surface area contributed by atoms with Gasteiger partial charge in [0.05, 0.1) is 16.9 Å². The molecule has 1 aromatic carbocycles. The topological polar surface area (TPSA) is 75.3 Å². The molecule has 0 fully saturated rings. The number of benzene rings is 1. The summed E-state index contributed by atoms with van der Waals surface area (Å²) in [4.78, 5) is 10.8. The van der Waals surface area contributed by atoms with Gasteiger partial charge in [-0.15, -0.1) is 0 Å². The van der Waals surface area contributed by atoms with Crippen LogP contribution in [-0.4, -0.2) is 28.6 Å². The summed E-state index contributed by atoms with van der Waals surface area (Å²) in [6, 6.07) is 2.30. The maximum Gasteiger partial charge on any atom is 0.338 e. The average molecular weight is 300 g/mol. The fourth-order valence-corrected chi connectivity index (χ4v) is 2.82. The zero-order chi connectivity index (χ0) is 15.3. The lowest BCUT2D eigenvalue weighted by atomic mass is 10.0. The summed E-state index contributed by atoms with van der Waals surface area (Å²) >= 11 is 1.76. The minimum absolute atomic E-state index is 0.0639. The van der Waals surface area contributed by atoms with Crippen molar-refractivity contribution >= 4 is 29.1 Å². The van der Waals surface area contributed by atoms with Crippen LogP contribution in [0.1, 0.15) is 37.0 Å². The molecule has 0 bridgehead atoms. The van der Waals surface area contributed by atoms with E-state index in [1.54, 1.807) is 11.8 Å². The number of thioether (sulfide) groups is 1. The molecule has 4 nitrogen and oxygen atoms in total. The lowest BCUT2D eigenvalue weighted by Gasteiger charge is -2.30. The fourth-order valence-electron chi connectivity index (χ4n) is 2.02. The lowest BCUT2D eigenvalue weighted by Crippen LogP contribution is -2.32. The normalized spacial score (nSPS) is 11.4. The van der Waals surface area contributed by atoms with Crippen LogP contribution in [0.4, 0.5) is 15.8 Å². The quantitative estimate of drug-likeness (QED) is 0.673. The Morgan fingerprint density at radius 2 is 2.05 bits per heavy atom. The van der Waals surface area contributed by atoms with Crippen LogP contribution in [0.3, 0.4) is 0 Å². The van der Waals surface area contributed by atoms with Crippen LogP contribution < -0.4 is 11.1 Å². The van der Waals surface area contributed by atoms with Crippen LogP contribution >= 0.6 is 11.8 Å². The van der Waals surface area contributed by atoms with E-state index < -0.39 is 17.3 Å². The minimum Gasteiger partial charge on any atom is -0.478 e. The van der Waals surface area contributed by atoms with Gasteiger partial charge in [0.1, 0.15) is 5.82 Å². The van der Waals surface area contributed by atoms with E-state index in [0.29, 0.717) is 12.2 Å². The maximum absolute atomic E-state index is 13.7. The van der Waals surface area contributed by atoms with Gasteiger partial charge in [-0.1, -0.05) is 13.8 Å². The highest BCUT2D eigenvalue weighted by molar-refractivity contribution is 8.00. The van der Waals surface area contributed by atoms with Crippen LogP contribution in [0.2, 0.25) is 0 Å². The molecule has 0 aliphatic rings. The predicted molar refractivity (Wildman–Crippen MR) is 83.1 cm³/mol. The van der Waals surface area contributed by atoms with Crippen molar-refractivity contribution in [1.82, 2.24) is 0 Å². The van der Waals surface area contributed by atoms with E-state index in [2.05, 4.69) is 19.2 Å². The average Bonchev–Trinajstić information content (AvgIpc) is 2.43. The number of nitrogens with one attached hydrogen (secondary N) is 1. The van der Waals surface area contributed by atoms with Gasteiger partial charge in [-0.25, -0.2) is 9.18 Å². The summed E-state index contributed by atoms with van der Waals surface area (Å²) in [7, 11) is 0. The number of aromatic carboxylic acids is 1. The summed E-state index contributed by atoms with van der Waals surface area (Å²) in [5.74, 6) is -2.10. The second-order valence-electron chi connectivity index (χ2n) is 4.67. The van der Waals surface area contributed by atoms with Crippen LogP contribution in [0.5, 0.6) is 0 Å². The molecule has 0 aliphatic carbocycles. The van der Waals surface area contributed by atoms with Gasteiger partial charge < -0.3 is 16.2 Å². The first-order chi connectivity index (χ1) is 9.39. The van der Waals surface area contributed by atoms with Gasteiger partial charge in [0.15, 0.2) is 0 Å². The van der Waals surface area contributed by atoms with Crippen LogP contribution in [0, 0.1) is 5.82 Å². The van der Waals surface area contributed by atoms with Gasteiger partial charge in [-0.05, 0) is 31.2 Å². The minimum atomic E-state index is -1.32. The van der Waals surface area contributed by atoms with Gasteiger partial charge in [0, 0.05) is 11.3 Å². The fraction of sp³-hybridized carbons (Fsp3) is 0.500. The van der Waals surface area contributed by atoms with E-state index in [9.17, 15) is 9.18 Å². The third-order valence-corrected chi connectivity index (χ3v) is 5.28. The van der Waals surface area contributed by atoms with Gasteiger partial charge in [-0.2, -0.15) is 11.8 Å². The third kappa shape index (κ3) is 3.56.